The second kappa shape index (κ2) is 6.88. The van der Waals surface area contributed by atoms with E-state index in [-0.39, 0.29) is 13.1 Å². The van der Waals surface area contributed by atoms with Crippen molar-refractivity contribution >= 4 is 5.82 Å². The van der Waals surface area contributed by atoms with Gasteiger partial charge in [0.25, 0.3) is 0 Å². The minimum absolute atomic E-state index is 0.185. The molecule has 0 spiro atoms. The molecule has 0 bridgehead atoms. The summed E-state index contributed by atoms with van der Waals surface area (Å²) in [6, 6.07) is 18.1. The van der Waals surface area contributed by atoms with Crippen LogP contribution >= 0.6 is 0 Å². The summed E-state index contributed by atoms with van der Waals surface area (Å²) in [5.74, 6) is -1.66. The van der Waals surface area contributed by atoms with E-state index >= 15 is 0 Å². The zero-order valence-electron chi connectivity index (χ0n) is 13.1. The number of hydrogen-bond donors (Lipinski definition) is 1. The van der Waals surface area contributed by atoms with Crippen LogP contribution in [-0.4, -0.2) is 10.3 Å². The lowest BCUT2D eigenvalue weighted by atomic mass is 10.1. The molecule has 0 unspecified atom stereocenters. The molecule has 130 valence electrons. The van der Waals surface area contributed by atoms with E-state index in [1.54, 1.807) is 24.3 Å². The minimum Gasteiger partial charge on any atom is -0.479 e. The summed E-state index contributed by atoms with van der Waals surface area (Å²) in [6.45, 7) is 0.371. The number of nitrogens with zero attached hydrogens (tertiary/aromatic N) is 2. The molecule has 0 fully saturated rings. The highest BCUT2D eigenvalue weighted by atomic mass is 19.4. The number of halogens is 3. The van der Waals surface area contributed by atoms with Crippen LogP contribution in [0.25, 0.3) is 0 Å². The van der Waals surface area contributed by atoms with Crippen LogP contribution in [0.4, 0.5) is 19.0 Å². The zero-order valence-corrected chi connectivity index (χ0v) is 13.1. The number of benzene rings is 2. The van der Waals surface area contributed by atoms with E-state index in [1.165, 1.54) is 4.90 Å². The molecule has 2 aromatic carbocycles. The lowest BCUT2D eigenvalue weighted by Gasteiger charge is -2.23. The summed E-state index contributed by atoms with van der Waals surface area (Å²) in [7, 11) is 0. The lowest BCUT2D eigenvalue weighted by molar-refractivity contribution is -0.139. The highest BCUT2D eigenvalue weighted by Gasteiger charge is 2.42. The van der Waals surface area contributed by atoms with E-state index in [1.807, 2.05) is 36.4 Å². The predicted molar refractivity (Wildman–Crippen MR) is 85.9 cm³/mol. The predicted octanol–water partition coefficient (Wildman–Crippen LogP) is 4.61. The second-order valence-corrected chi connectivity index (χ2v) is 5.51. The van der Waals surface area contributed by atoms with Gasteiger partial charge in [0.1, 0.15) is 0 Å². The van der Waals surface area contributed by atoms with Gasteiger partial charge >= 0.3 is 12.1 Å². The Labute approximate surface area is 142 Å². The van der Waals surface area contributed by atoms with Gasteiger partial charge < -0.3 is 14.5 Å². The van der Waals surface area contributed by atoms with Crippen molar-refractivity contribution in [1.82, 2.24) is 5.16 Å². The number of hydrogen-bond acceptors (Lipinski definition) is 4. The normalized spacial score (nSPS) is 11.5. The average molecular weight is 348 g/mol. The van der Waals surface area contributed by atoms with Gasteiger partial charge in [-0.3, -0.25) is 0 Å². The molecule has 0 saturated heterocycles. The van der Waals surface area contributed by atoms with Crippen molar-refractivity contribution < 1.29 is 22.8 Å². The molecule has 7 heteroatoms. The first-order valence-corrected chi connectivity index (χ1v) is 7.54. The van der Waals surface area contributed by atoms with Gasteiger partial charge in [-0.15, -0.1) is 0 Å². The molecule has 3 rings (SSSR count). The van der Waals surface area contributed by atoms with Crippen molar-refractivity contribution in [3.8, 4) is 5.95 Å². The average Bonchev–Trinajstić information content (AvgIpc) is 2.98. The van der Waals surface area contributed by atoms with Gasteiger partial charge in [0.2, 0.25) is 0 Å². The molecule has 1 aromatic heterocycles. The maximum absolute atomic E-state index is 13.3. The van der Waals surface area contributed by atoms with Gasteiger partial charge in [-0.25, -0.2) is 0 Å². The number of rotatable bonds is 5. The Hall–Kier alpha value is -2.96. The number of anilines is 1. The summed E-state index contributed by atoms with van der Waals surface area (Å²) in [5.41, 5.74) is 0.363. The third-order valence-electron chi connectivity index (χ3n) is 3.67. The van der Waals surface area contributed by atoms with E-state index in [2.05, 4.69) is 9.68 Å². The Morgan fingerprint density at radius 2 is 1.36 bits per heavy atom. The third-order valence-corrected chi connectivity index (χ3v) is 3.67. The molecule has 0 aliphatic heterocycles. The fourth-order valence-corrected chi connectivity index (χ4v) is 2.55. The van der Waals surface area contributed by atoms with E-state index in [9.17, 15) is 18.3 Å². The maximum Gasteiger partial charge on any atom is 0.427 e. The van der Waals surface area contributed by atoms with Crippen LogP contribution in [0.3, 0.4) is 0 Å². The fraction of sp³-hybridized carbons (Fsp3) is 0.167. The van der Waals surface area contributed by atoms with Crippen LogP contribution in [0.2, 0.25) is 0 Å². The molecule has 0 saturated carbocycles. The summed E-state index contributed by atoms with van der Waals surface area (Å²) < 4.78 is 44.3. The molecule has 1 heterocycles. The molecule has 0 atom stereocenters. The van der Waals surface area contributed by atoms with Crippen LogP contribution in [0, 0.1) is 0 Å². The molecule has 1 N–H and O–H groups in total. The second-order valence-electron chi connectivity index (χ2n) is 5.51. The Balaban J connectivity index is 1.99. The minimum atomic E-state index is -4.77. The first kappa shape index (κ1) is 16.9. The van der Waals surface area contributed by atoms with Gasteiger partial charge in [0.15, 0.2) is 11.4 Å². The van der Waals surface area contributed by atoms with Gasteiger partial charge in [-0.1, -0.05) is 65.8 Å². The van der Waals surface area contributed by atoms with Gasteiger partial charge in [-0.2, -0.15) is 13.2 Å². The van der Waals surface area contributed by atoms with Crippen LogP contribution in [0.5, 0.6) is 5.95 Å². The largest absolute Gasteiger partial charge is 0.479 e. The molecule has 0 aliphatic carbocycles. The Morgan fingerprint density at radius 3 is 1.80 bits per heavy atom. The standard InChI is InChI=1S/C18H15F3N2O2/c19-18(20,21)15-16(22-25-17(15)24)23(11-13-7-3-1-4-8-13)12-14-9-5-2-6-10-14/h1-10,24H,11-12H2. The number of aromatic nitrogens is 1. The van der Waals surface area contributed by atoms with Crippen molar-refractivity contribution in [2.75, 3.05) is 4.90 Å². The molecule has 0 aliphatic rings. The molecule has 0 amide bonds. The zero-order chi connectivity index (χ0) is 17.9. The Bertz CT molecular complexity index is 776. The molecule has 0 radical (unpaired) electrons. The highest BCUT2D eigenvalue weighted by Crippen LogP contribution is 2.42. The van der Waals surface area contributed by atoms with E-state index in [0.717, 1.165) is 11.1 Å². The van der Waals surface area contributed by atoms with Crippen molar-refractivity contribution in [2.24, 2.45) is 0 Å². The van der Waals surface area contributed by atoms with Crippen molar-refractivity contribution in [3.63, 3.8) is 0 Å². The van der Waals surface area contributed by atoms with Gasteiger partial charge in [0, 0.05) is 13.1 Å². The first-order chi connectivity index (χ1) is 11.9. The van der Waals surface area contributed by atoms with Crippen molar-refractivity contribution in [1.29, 1.82) is 0 Å². The molecular weight excluding hydrogens is 333 g/mol. The topological polar surface area (TPSA) is 49.5 Å². The molecule has 25 heavy (non-hydrogen) atoms. The van der Waals surface area contributed by atoms with Crippen molar-refractivity contribution in [2.45, 2.75) is 19.3 Å². The first-order valence-electron chi connectivity index (χ1n) is 7.54. The van der Waals surface area contributed by atoms with E-state index in [4.69, 9.17) is 0 Å². The maximum atomic E-state index is 13.3. The fourth-order valence-electron chi connectivity index (χ4n) is 2.55. The quantitative estimate of drug-likeness (QED) is 0.732. The third kappa shape index (κ3) is 3.93. The highest BCUT2D eigenvalue weighted by molar-refractivity contribution is 5.52. The van der Waals surface area contributed by atoms with Crippen LogP contribution in [0.1, 0.15) is 16.7 Å². The van der Waals surface area contributed by atoms with E-state index in [0.29, 0.717) is 0 Å². The summed E-state index contributed by atoms with van der Waals surface area (Å²) in [6.07, 6.45) is -4.77. The van der Waals surface area contributed by atoms with Crippen LogP contribution in [0.15, 0.2) is 65.2 Å². The summed E-state index contributed by atoms with van der Waals surface area (Å²) in [5, 5.41) is 12.9. The van der Waals surface area contributed by atoms with Crippen molar-refractivity contribution in [3.05, 3.63) is 77.4 Å². The van der Waals surface area contributed by atoms with Crippen LogP contribution < -0.4 is 4.90 Å². The summed E-state index contributed by atoms with van der Waals surface area (Å²) in [4.78, 5) is 1.43. The lowest BCUT2D eigenvalue weighted by Crippen LogP contribution is -2.25. The SMILES string of the molecule is Oc1onc(N(Cc2ccccc2)Cc2ccccc2)c1C(F)(F)F. The summed E-state index contributed by atoms with van der Waals surface area (Å²) >= 11 is 0. The molecular formula is C18H15F3N2O2. The number of alkyl halides is 3. The smallest absolute Gasteiger partial charge is 0.427 e. The molecule has 4 nitrogen and oxygen atoms in total. The van der Waals surface area contributed by atoms with Gasteiger partial charge in [-0.05, 0) is 11.1 Å². The van der Waals surface area contributed by atoms with Gasteiger partial charge in [0.05, 0.1) is 0 Å². The Kier molecular flexibility index (Phi) is 4.65. The monoisotopic (exact) mass is 348 g/mol. The Morgan fingerprint density at radius 1 is 0.880 bits per heavy atom. The van der Waals surface area contributed by atoms with Crippen LogP contribution in [-0.2, 0) is 19.3 Å². The van der Waals surface area contributed by atoms with E-state index < -0.39 is 23.5 Å². The number of aromatic hydroxyl groups is 1. The molecule has 3 aromatic rings.